The van der Waals surface area contributed by atoms with Crippen LogP contribution in [0.15, 0.2) is 29.2 Å². The van der Waals surface area contributed by atoms with Crippen LogP contribution in [0.3, 0.4) is 0 Å². The van der Waals surface area contributed by atoms with Crippen molar-refractivity contribution in [2.45, 2.75) is 30.7 Å². The highest BCUT2D eigenvalue weighted by Gasteiger charge is 2.36. The van der Waals surface area contributed by atoms with Crippen molar-refractivity contribution in [3.05, 3.63) is 29.8 Å². The fourth-order valence-corrected chi connectivity index (χ4v) is 3.97. The van der Waals surface area contributed by atoms with Gasteiger partial charge >= 0.3 is 0 Å². The highest BCUT2D eigenvalue weighted by Crippen LogP contribution is 2.22. The maximum atomic E-state index is 12.7. The number of carbonyl (C=O) groups is 1. The summed E-state index contributed by atoms with van der Waals surface area (Å²) in [5.41, 5.74) is 6.38. The summed E-state index contributed by atoms with van der Waals surface area (Å²) in [6, 6.07) is 5.95. The maximum Gasteiger partial charge on any atom is 0.243 e. The molecule has 1 unspecified atom stereocenters. The average molecular weight is 311 g/mol. The SMILES string of the molecule is CC(C)c1ccc(S(=O)(=O)N2CCNCC2C(N)=O)cc1. The molecule has 0 saturated carbocycles. The van der Waals surface area contributed by atoms with E-state index in [1.54, 1.807) is 24.3 Å². The lowest BCUT2D eigenvalue weighted by Crippen LogP contribution is -2.58. The Morgan fingerprint density at radius 3 is 2.48 bits per heavy atom. The van der Waals surface area contributed by atoms with Gasteiger partial charge in [0.05, 0.1) is 4.90 Å². The van der Waals surface area contributed by atoms with E-state index in [2.05, 4.69) is 5.32 Å². The molecule has 1 saturated heterocycles. The molecule has 0 radical (unpaired) electrons. The van der Waals surface area contributed by atoms with Crippen LogP contribution >= 0.6 is 0 Å². The second-order valence-electron chi connectivity index (χ2n) is 5.46. The third-order valence-electron chi connectivity index (χ3n) is 3.68. The van der Waals surface area contributed by atoms with Gasteiger partial charge in [0.15, 0.2) is 0 Å². The molecule has 6 nitrogen and oxygen atoms in total. The van der Waals surface area contributed by atoms with Crippen molar-refractivity contribution < 1.29 is 13.2 Å². The zero-order valence-electron chi connectivity index (χ0n) is 12.2. The second kappa shape index (κ2) is 6.13. The molecular formula is C14H21N3O3S. The first-order valence-corrected chi connectivity index (χ1v) is 8.40. The van der Waals surface area contributed by atoms with Gasteiger partial charge in [0.25, 0.3) is 0 Å². The molecule has 0 bridgehead atoms. The summed E-state index contributed by atoms with van der Waals surface area (Å²) in [4.78, 5) is 11.7. The summed E-state index contributed by atoms with van der Waals surface area (Å²) in [6.07, 6.45) is 0. The predicted octanol–water partition coefficient (Wildman–Crippen LogP) is 0.258. The summed E-state index contributed by atoms with van der Waals surface area (Å²) in [6.45, 7) is 5.08. The number of primary amides is 1. The van der Waals surface area contributed by atoms with Crippen molar-refractivity contribution in [1.82, 2.24) is 9.62 Å². The Kier molecular flexibility index (Phi) is 4.65. The predicted molar refractivity (Wildman–Crippen MR) is 80.3 cm³/mol. The molecule has 0 aliphatic carbocycles. The summed E-state index contributed by atoms with van der Waals surface area (Å²) >= 11 is 0. The smallest absolute Gasteiger partial charge is 0.243 e. The molecule has 1 fully saturated rings. The van der Waals surface area contributed by atoms with Gasteiger partial charge in [0.2, 0.25) is 15.9 Å². The third-order valence-corrected chi connectivity index (χ3v) is 5.60. The lowest BCUT2D eigenvalue weighted by atomic mass is 10.0. The van der Waals surface area contributed by atoms with Crippen LogP contribution in [-0.2, 0) is 14.8 Å². The molecule has 116 valence electrons. The Morgan fingerprint density at radius 2 is 1.95 bits per heavy atom. The van der Waals surface area contributed by atoms with E-state index in [9.17, 15) is 13.2 Å². The van der Waals surface area contributed by atoms with Gasteiger partial charge in [-0.05, 0) is 23.6 Å². The summed E-state index contributed by atoms with van der Waals surface area (Å²) in [7, 11) is -3.71. The average Bonchev–Trinajstić information content (AvgIpc) is 2.47. The van der Waals surface area contributed by atoms with Crippen molar-refractivity contribution in [1.29, 1.82) is 0 Å². The zero-order chi connectivity index (χ0) is 15.6. The van der Waals surface area contributed by atoms with Crippen LogP contribution in [-0.4, -0.2) is 44.3 Å². The number of nitrogens with one attached hydrogen (secondary N) is 1. The monoisotopic (exact) mass is 311 g/mol. The van der Waals surface area contributed by atoms with Gasteiger partial charge < -0.3 is 11.1 Å². The highest BCUT2D eigenvalue weighted by atomic mass is 32.2. The minimum Gasteiger partial charge on any atom is -0.368 e. The third kappa shape index (κ3) is 3.25. The van der Waals surface area contributed by atoms with Crippen LogP contribution in [0.5, 0.6) is 0 Å². The number of benzene rings is 1. The fraction of sp³-hybridized carbons (Fsp3) is 0.500. The van der Waals surface area contributed by atoms with Crippen LogP contribution in [0.4, 0.5) is 0 Å². The normalized spacial score (nSPS) is 20.6. The number of hydrogen-bond acceptors (Lipinski definition) is 4. The molecule has 1 heterocycles. The molecule has 7 heteroatoms. The van der Waals surface area contributed by atoms with Crippen molar-refractivity contribution in [2.24, 2.45) is 5.73 Å². The molecular weight excluding hydrogens is 290 g/mol. The van der Waals surface area contributed by atoms with E-state index in [0.717, 1.165) is 5.56 Å². The molecule has 2 rings (SSSR count). The van der Waals surface area contributed by atoms with E-state index < -0.39 is 22.0 Å². The van der Waals surface area contributed by atoms with Gasteiger partial charge in [-0.15, -0.1) is 0 Å². The largest absolute Gasteiger partial charge is 0.368 e. The van der Waals surface area contributed by atoms with Crippen molar-refractivity contribution >= 4 is 15.9 Å². The molecule has 1 atom stereocenters. The first kappa shape index (κ1) is 15.9. The molecule has 1 aromatic rings. The molecule has 1 aliphatic rings. The quantitative estimate of drug-likeness (QED) is 0.834. The Balaban J connectivity index is 2.33. The molecule has 21 heavy (non-hydrogen) atoms. The molecule has 1 aliphatic heterocycles. The number of amides is 1. The lowest BCUT2D eigenvalue weighted by molar-refractivity contribution is -0.122. The zero-order valence-corrected chi connectivity index (χ0v) is 13.1. The van der Waals surface area contributed by atoms with E-state index in [-0.39, 0.29) is 18.0 Å². The Bertz CT molecular complexity index is 611. The molecule has 0 spiro atoms. The van der Waals surface area contributed by atoms with Crippen LogP contribution in [0.1, 0.15) is 25.3 Å². The first-order chi connectivity index (χ1) is 9.84. The Hall–Kier alpha value is -1.44. The number of nitrogens with zero attached hydrogens (tertiary/aromatic N) is 1. The van der Waals surface area contributed by atoms with Crippen LogP contribution in [0.2, 0.25) is 0 Å². The van der Waals surface area contributed by atoms with Crippen molar-refractivity contribution in [2.75, 3.05) is 19.6 Å². The maximum absolute atomic E-state index is 12.7. The van der Waals surface area contributed by atoms with Crippen LogP contribution < -0.4 is 11.1 Å². The highest BCUT2D eigenvalue weighted by molar-refractivity contribution is 7.89. The molecule has 1 aromatic carbocycles. The summed E-state index contributed by atoms with van der Waals surface area (Å²) < 4.78 is 26.5. The van der Waals surface area contributed by atoms with E-state index in [0.29, 0.717) is 12.5 Å². The molecule has 3 N–H and O–H groups in total. The van der Waals surface area contributed by atoms with Gasteiger partial charge in [-0.1, -0.05) is 26.0 Å². The fourth-order valence-electron chi connectivity index (χ4n) is 2.38. The van der Waals surface area contributed by atoms with Crippen LogP contribution in [0.25, 0.3) is 0 Å². The summed E-state index contributed by atoms with van der Waals surface area (Å²) in [5, 5.41) is 2.99. The summed E-state index contributed by atoms with van der Waals surface area (Å²) in [5.74, 6) is -0.302. The van der Waals surface area contributed by atoms with Gasteiger partial charge in [-0.3, -0.25) is 4.79 Å². The number of sulfonamides is 1. The van der Waals surface area contributed by atoms with Crippen molar-refractivity contribution in [3.63, 3.8) is 0 Å². The van der Waals surface area contributed by atoms with Gasteiger partial charge in [-0.2, -0.15) is 4.31 Å². The van der Waals surface area contributed by atoms with Gasteiger partial charge in [-0.25, -0.2) is 8.42 Å². The van der Waals surface area contributed by atoms with E-state index in [1.807, 2.05) is 13.8 Å². The van der Waals surface area contributed by atoms with E-state index >= 15 is 0 Å². The molecule has 0 aromatic heterocycles. The van der Waals surface area contributed by atoms with E-state index in [1.165, 1.54) is 4.31 Å². The standard InChI is InChI=1S/C14H21N3O3S/c1-10(2)11-3-5-12(6-4-11)21(19,20)17-8-7-16-9-13(17)14(15)18/h3-6,10,13,16H,7-9H2,1-2H3,(H2,15,18). The number of piperazine rings is 1. The second-order valence-corrected chi connectivity index (χ2v) is 7.35. The van der Waals surface area contributed by atoms with Crippen molar-refractivity contribution in [3.8, 4) is 0 Å². The van der Waals surface area contributed by atoms with Crippen LogP contribution in [0, 0.1) is 0 Å². The number of rotatable bonds is 4. The van der Waals surface area contributed by atoms with Gasteiger partial charge in [0, 0.05) is 19.6 Å². The van der Waals surface area contributed by atoms with E-state index in [4.69, 9.17) is 5.73 Å². The topological polar surface area (TPSA) is 92.5 Å². The number of hydrogen-bond donors (Lipinski definition) is 2. The number of nitrogens with two attached hydrogens (primary N) is 1. The minimum atomic E-state index is -3.71. The first-order valence-electron chi connectivity index (χ1n) is 6.96. The lowest BCUT2D eigenvalue weighted by Gasteiger charge is -2.33. The Labute approximate surface area is 125 Å². The Morgan fingerprint density at radius 1 is 1.33 bits per heavy atom. The van der Waals surface area contributed by atoms with Gasteiger partial charge in [0.1, 0.15) is 6.04 Å². The molecule has 1 amide bonds. The minimum absolute atomic E-state index is 0.194. The number of carbonyl (C=O) groups excluding carboxylic acids is 1.